The Bertz CT molecular complexity index is 906. The molecule has 144 valence electrons. The van der Waals surface area contributed by atoms with Gasteiger partial charge in [-0.25, -0.2) is 8.42 Å². The van der Waals surface area contributed by atoms with Gasteiger partial charge in [0.2, 0.25) is 11.8 Å². The highest BCUT2D eigenvalue weighted by atomic mass is 32.2. The van der Waals surface area contributed by atoms with Crippen molar-refractivity contribution in [3.8, 4) is 0 Å². The van der Waals surface area contributed by atoms with Crippen LogP contribution in [0.1, 0.15) is 24.5 Å². The summed E-state index contributed by atoms with van der Waals surface area (Å²) in [4.78, 5) is 23.1. The average Bonchev–Trinajstić information content (AvgIpc) is 2.60. The van der Waals surface area contributed by atoms with Crippen molar-refractivity contribution < 1.29 is 18.0 Å². The molecule has 0 saturated carbocycles. The second-order valence-electron chi connectivity index (χ2n) is 6.36. The highest BCUT2D eigenvalue weighted by Gasteiger charge is 2.16. The number of nitrogens with one attached hydrogen (secondary N) is 2. The fourth-order valence-electron chi connectivity index (χ4n) is 2.60. The molecular weight excluding hydrogens is 364 g/mol. The van der Waals surface area contributed by atoms with Crippen molar-refractivity contribution in [2.24, 2.45) is 0 Å². The largest absolute Gasteiger partial charge is 0.356 e. The molecule has 27 heavy (non-hydrogen) atoms. The molecule has 0 aliphatic carbocycles. The monoisotopic (exact) mass is 388 g/mol. The molecule has 2 amide bonds. The van der Waals surface area contributed by atoms with Gasteiger partial charge in [0.15, 0.2) is 9.84 Å². The Hall–Kier alpha value is -2.67. The zero-order valence-electron chi connectivity index (χ0n) is 15.5. The quantitative estimate of drug-likeness (QED) is 0.727. The Morgan fingerprint density at radius 1 is 1.04 bits per heavy atom. The predicted molar refractivity (Wildman–Crippen MR) is 105 cm³/mol. The van der Waals surface area contributed by atoms with Crippen molar-refractivity contribution in [3.05, 3.63) is 59.7 Å². The molecule has 0 saturated heterocycles. The van der Waals surface area contributed by atoms with E-state index in [9.17, 15) is 18.0 Å². The van der Waals surface area contributed by atoms with Crippen molar-refractivity contribution >= 4 is 27.3 Å². The lowest BCUT2D eigenvalue weighted by atomic mass is 10.1. The Morgan fingerprint density at radius 3 is 2.37 bits per heavy atom. The summed E-state index contributed by atoms with van der Waals surface area (Å²) < 4.78 is 24.7. The summed E-state index contributed by atoms with van der Waals surface area (Å²) in [5, 5.41) is 5.33. The van der Waals surface area contributed by atoms with Crippen LogP contribution in [-0.2, 0) is 25.8 Å². The third-order valence-electron chi connectivity index (χ3n) is 3.95. The van der Waals surface area contributed by atoms with Gasteiger partial charge in [-0.1, -0.05) is 29.8 Å². The van der Waals surface area contributed by atoms with Crippen LogP contribution in [0.2, 0.25) is 0 Å². The minimum Gasteiger partial charge on any atom is -0.356 e. The van der Waals surface area contributed by atoms with Gasteiger partial charge in [-0.05, 0) is 43.2 Å². The first-order valence-electron chi connectivity index (χ1n) is 8.69. The topological polar surface area (TPSA) is 92.3 Å². The van der Waals surface area contributed by atoms with Gasteiger partial charge in [0.25, 0.3) is 0 Å². The summed E-state index contributed by atoms with van der Waals surface area (Å²) >= 11 is 0. The van der Waals surface area contributed by atoms with E-state index in [4.69, 9.17) is 0 Å². The molecule has 0 spiro atoms. The normalized spacial score (nSPS) is 11.0. The number of benzene rings is 2. The lowest BCUT2D eigenvalue weighted by Gasteiger charge is -2.08. The summed E-state index contributed by atoms with van der Waals surface area (Å²) in [6, 6.07) is 13.9. The molecule has 2 N–H and O–H groups in total. The van der Waals surface area contributed by atoms with Crippen LogP contribution in [0.3, 0.4) is 0 Å². The van der Waals surface area contributed by atoms with Gasteiger partial charge in [-0.3, -0.25) is 9.59 Å². The van der Waals surface area contributed by atoms with E-state index in [1.807, 2.05) is 25.1 Å². The second kappa shape index (κ2) is 9.32. The number of aryl methyl sites for hydroxylation is 1. The average molecular weight is 388 g/mol. The van der Waals surface area contributed by atoms with Crippen molar-refractivity contribution in [1.82, 2.24) is 5.32 Å². The molecular formula is C20H24N2O4S. The molecule has 0 aromatic heterocycles. The van der Waals surface area contributed by atoms with Gasteiger partial charge in [0.1, 0.15) is 0 Å². The number of carbonyl (C=O) groups is 2. The van der Waals surface area contributed by atoms with Crippen LogP contribution in [0.5, 0.6) is 0 Å². The predicted octanol–water partition coefficient (Wildman–Crippen LogP) is 2.48. The van der Waals surface area contributed by atoms with E-state index in [2.05, 4.69) is 16.7 Å². The van der Waals surface area contributed by atoms with Gasteiger partial charge >= 0.3 is 0 Å². The molecule has 0 atom stereocenters. The van der Waals surface area contributed by atoms with Gasteiger partial charge in [0, 0.05) is 25.6 Å². The van der Waals surface area contributed by atoms with Gasteiger partial charge in [-0.15, -0.1) is 0 Å². The van der Waals surface area contributed by atoms with Gasteiger partial charge in [-0.2, -0.15) is 0 Å². The molecule has 0 heterocycles. The zero-order valence-corrected chi connectivity index (χ0v) is 16.3. The van der Waals surface area contributed by atoms with E-state index in [0.717, 1.165) is 11.1 Å². The Balaban J connectivity index is 1.81. The third kappa shape index (κ3) is 6.86. The molecule has 2 aromatic carbocycles. The van der Waals surface area contributed by atoms with Gasteiger partial charge in [0.05, 0.1) is 10.6 Å². The zero-order chi connectivity index (χ0) is 19.9. The standard InChI is InChI=1S/C20H24N2O4S/c1-15-4-3-5-17(14-15)10-12-21-20(24)11-13-27(25,26)19-8-6-18(7-9-19)22-16(2)23/h3-9,14H,10-13H2,1-2H3,(H,21,24)(H,22,23). The maximum Gasteiger partial charge on any atom is 0.221 e. The summed E-state index contributed by atoms with van der Waals surface area (Å²) in [6.45, 7) is 3.85. The van der Waals surface area contributed by atoms with Crippen LogP contribution >= 0.6 is 0 Å². The number of amides is 2. The molecule has 6 nitrogen and oxygen atoms in total. The second-order valence-corrected chi connectivity index (χ2v) is 8.47. The molecule has 0 bridgehead atoms. The number of carbonyl (C=O) groups excluding carboxylic acids is 2. The van der Waals surface area contributed by atoms with E-state index < -0.39 is 9.84 Å². The van der Waals surface area contributed by atoms with E-state index in [1.165, 1.54) is 31.2 Å². The van der Waals surface area contributed by atoms with E-state index >= 15 is 0 Å². The first kappa shape index (κ1) is 20.6. The first-order valence-corrected chi connectivity index (χ1v) is 10.3. The van der Waals surface area contributed by atoms with Crippen LogP contribution in [-0.4, -0.2) is 32.5 Å². The fraction of sp³-hybridized carbons (Fsp3) is 0.300. The van der Waals surface area contributed by atoms with E-state index in [0.29, 0.717) is 18.7 Å². The molecule has 0 aliphatic rings. The third-order valence-corrected chi connectivity index (χ3v) is 5.68. The van der Waals surface area contributed by atoms with Crippen LogP contribution in [0.25, 0.3) is 0 Å². The lowest BCUT2D eigenvalue weighted by Crippen LogP contribution is -2.27. The van der Waals surface area contributed by atoms with Crippen molar-refractivity contribution in [1.29, 1.82) is 0 Å². The maximum atomic E-state index is 12.3. The summed E-state index contributed by atoms with van der Waals surface area (Å²) in [7, 11) is -3.56. The number of hydrogen-bond donors (Lipinski definition) is 2. The van der Waals surface area contributed by atoms with E-state index in [1.54, 1.807) is 0 Å². The smallest absolute Gasteiger partial charge is 0.221 e. The summed E-state index contributed by atoms with van der Waals surface area (Å²) in [5.74, 6) is -0.781. The maximum absolute atomic E-state index is 12.3. The number of rotatable bonds is 8. The summed E-state index contributed by atoms with van der Waals surface area (Å²) in [6.07, 6.45) is 0.606. The van der Waals surface area contributed by atoms with Crippen LogP contribution in [0, 0.1) is 6.92 Å². The van der Waals surface area contributed by atoms with Gasteiger partial charge < -0.3 is 10.6 Å². The lowest BCUT2D eigenvalue weighted by molar-refractivity contribution is -0.120. The molecule has 7 heteroatoms. The van der Waals surface area contributed by atoms with Crippen molar-refractivity contribution in [2.75, 3.05) is 17.6 Å². The molecule has 0 unspecified atom stereocenters. The highest BCUT2D eigenvalue weighted by molar-refractivity contribution is 7.91. The highest BCUT2D eigenvalue weighted by Crippen LogP contribution is 2.16. The SMILES string of the molecule is CC(=O)Nc1ccc(S(=O)(=O)CCC(=O)NCCc2cccc(C)c2)cc1. The molecule has 0 fully saturated rings. The minimum absolute atomic E-state index is 0.0937. The molecule has 0 aliphatic heterocycles. The number of hydrogen-bond acceptors (Lipinski definition) is 4. The molecule has 2 aromatic rings. The first-order chi connectivity index (χ1) is 12.8. The van der Waals surface area contributed by atoms with Crippen molar-refractivity contribution in [2.45, 2.75) is 31.6 Å². The Labute approximate surface area is 159 Å². The van der Waals surface area contributed by atoms with Crippen LogP contribution < -0.4 is 10.6 Å². The van der Waals surface area contributed by atoms with Crippen molar-refractivity contribution in [3.63, 3.8) is 0 Å². The van der Waals surface area contributed by atoms with Crippen LogP contribution in [0.4, 0.5) is 5.69 Å². The number of anilines is 1. The Kier molecular flexibility index (Phi) is 7.12. The minimum atomic E-state index is -3.56. The van der Waals surface area contributed by atoms with Crippen LogP contribution in [0.15, 0.2) is 53.4 Å². The molecule has 2 rings (SSSR count). The fourth-order valence-corrected chi connectivity index (χ4v) is 3.84. The van der Waals surface area contributed by atoms with E-state index in [-0.39, 0.29) is 28.9 Å². The summed E-state index contributed by atoms with van der Waals surface area (Å²) in [5.41, 5.74) is 2.81. The molecule has 0 radical (unpaired) electrons. The number of sulfone groups is 1. The Morgan fingerprint density at radius 2 is 1.74 bits per heavy atom.